The molecule has 0 radical (unpaired) electrons. The maximum atomic E-state index is 11.8. The highest BCUT2D eigenvalue weighted by molar-refractivity contribution is 9.08. The summed E-state index contributed by atoms with van der Waals surface area (Å²) < 4.78 is 0.993. The first kappa shape index (κ1) is 46.8. The standard InChI is InChI=1S/C53H73BrNOS/c1-10-12-13-14-15-32-55(8,9)38-43-20-28-49(29-21-43)52(36-53(5,6)7)35-51(47-26-18-42(37-54)19-27-47)34-50(33-45(11-2)46-24-16-40(3)17-25-46)48-30-22-44(23-31-48)39-57-41(4)56/h13-14,16-31,45,50-52H,10-12,15,32-39H2,1-9H3/q+1/b14-13+. The summed E-state index contributed by atoms with van der Waals surface area (Å²) in [5.41, 5.74) is 11.2. The lowest BCUT2D eigenvalue weighted by Gasteiger charge is -2.33. The Balaban J connectivity index is 1.69. The van der Waals surface area contributed by atoms with E-state index in [1.54, 1.807) is 6.92 Å². The predicted molar refractivity (Wildman–Crippen MR) is 254 cm³/mol. The SMILES string of the molecule is CCC/C=C/CC[N+](C)(C)Cc1ccc(C(CC(CC(CC(CC)c2ccc(C)cc2)c2ccc(CSC(C)=O)cc2)c2ccc(CBr)cc2)CC(C)(C)C)cc1. The minimum atomic E-state index is 0.169. The minimum Gasteiger partial charge on any atom is -0.324 e. The highest BCUT2D eigenvalue weighted by Crippen LogP contribution is 2.45. The molecule has 0 N–H and O–H groups in total. The number of nitrogens with zero attached hydrogens (tertiary/aromatic N) is 1. The quantitative estimate of drug-likeness (QED) is 0.0445. The first-order valence-corrected chi connectivity index (χ1v) is 23.8. The smallest absolute Gasteiger partial charge is 0.186 e. The second kappa shape index (κ2) is 23.0. The molecule has 0 aliphatic heterocycles. The largest absolute Gasteiger partial charge is 0.324 e. The first-order chi connectivity index (χ1) is 27.2. The van der Waals surface area contributed by atoms with E-state index in [4.69, 9.17) is 0 Å². The lowest BCUT2D eigenvalue weighted by Crippen LogP contribution is -2.39. The monoisotopic (exact) mass is 850 g/mol. The van der Waals surface area contributed by atoms with Crippen molar-refractivity contribution >= 4 is 32.8 Å². The molecule has 4 unspecified atom stereocenters. The molecule has 0 fully saturated rings. The zero-order chi connectivity index (χ0) is 41.4. The molecule has 0 spiro atoms. The van der Waals surface area contributed by atoms with E-state index in [9.17, 15) is 4.79 Å². The number of hydrogen-bond donors (Lipinski definition) is 0. The average Bonchev–Trinajstić information content (AvgIpc) is 3.18. The van der Waals surface area contributed by atoms with Crippen molar-refractivity contribution in [1.29, 1.82) is 0 Å². The van der Waals surface area contributed by atoms with Crippen LogP contribution in [0.3, 0.4) is 0 Å². The van der Waals surface area contributed by atoms with Crippen molar-refractivity contribution in [1.82, 2.24) is 0 Å². The molecule has 4 atom stereocenters. The maximum absolute atomic E-state index is 11.8. The van der Waals surface area contributed by atoms with Gasteiger partial charge in [-0.05, 0) is 108 Å². The van der Waals surface area contributed by atoms with Crippen LogP contribution < -0.4 is 0 Å². The fourth-order valence-corrected chi connectivity index (χ4v) is 9.40. The second-order valence-electron chi connectivity index (χ2n) is 18.6. The zero-order valence-electron chi connectivity index (χ0n) is 36.8. The van der Waals surface area contributed by atoms with Gasteiger partial charge in [0.15, 0.2) is 5.12 Å². The van der Waals surface area contributed by atoms with E-state index in [0.717, 1.165) is 67.2 Å². The molecule has 0 amide bonds. The average molecular weight is 852 g/mol. The molecule has 0 heterocycles. The molecule has 4 rings (SSSR count). The maximum Gasteiger partial charge on any atom is 0.186 e. The van der Waals surface area contributed by atoms with E-state index in [1.807, 2.05) is 0 Å². The van der Waals surface area contributed by atoms with Gasteiger partial charge in [-0.3, -0.25) is 4.79 Å². The summed E-state index contributed by atoms with van der Waals surface area (Å²) in [6.07, 6.45) is 13.8. The number of thioether (sulfide) groups is 1. The summed E-state index contributed by atoms with van der Waals surface area (Å²) in [4.78, 5) is 11.8. The van der Waals surface area contributed by atoms with Crippen molar-refractivity contribution < 1.29 is 9.28 Å². The third-order valence-corrected chi connectivity index (χ3v) is 13.2. The number of alkyl halides is 1. The van der Waals surface area contributed by atoms with E-state index in [1.165, 1.54) is 69.1 Å². The predicted octanol–water partition coefficient (Wildman–Crippen LogP) is 15.4. The summed E-state index contributed by atoms with van der Waals surface area (Å²) >= 11 is 5.10. The van der Waals surface area contributed by atoms with Gasteiger partial charge in [-0.15, -0.1) is 0 Å². The van der Waals surface area contributed by atoms with Crippen LogP contribution in [-0.2, 0) is 22.4 Å². The van der Waals surface area contributed by atoms with Crippen molar-refractivity contribution in [3.05, 3.63) is 154 Å². The Morgan fingerprint density at radius 2 is 1.12 bits per heavy atom. The molecule has 0 aromatic heterocycles. The van der Waals surface area contributed by atoms with E-state index >= 15 is 0 Å². The molecular weight excluding hydrogens is 779 g/mol. The molecule has 4 heteroatoms. The van der Waals surface area contributed by atoms with Crippen LogP contribution in [0, 0.1) is 12.3 Å². The molecular formula is C53H73BrNOS+. The van der Waals surface area contributed by atoms with Gasteiger partial charge in [0, 0.05) is 30.0 Å². The van der Waals surface area contributed by atoms with Crippen LogP contribution >= 0.6 is 27.7 Å². The number of carbonyl (C=O) groups is 1. The Morgan fingerprint density at radius 1 is 0.667 bits per heavy atom. The van der Waals surface area contributed by atoms with E-state index in [2.05, 4.69) is 181 Å². The number of hydrogen-bond acceptors (Lipinski definition) is 2. The third-order valence-electron chi connectivity index (χ3n) is 11.7. The van der Waals surface area contributed by atoms with Crippen molar-refractivity contribution in [2.45, 2.75) is 141 Å². The summed E-state index contributed by atoms with van der Waals surface area (Å²) in [7, 11) is 4.73. The van der Waals surface area contributed by atoms with Gasteiger partial charge < -0.3 is 4.48 Å². The van der Waals surface area contributed by atoms with E-state index in [-0.39, 0.29) is 10.5 Å². The van der Waals surface area contributed by atoms with Gasteiger partial charge in [-0.2, -0.15) is 0 Å². The number of rotatable bonds is 22. The fraction of sp³-hybridized carbons (Fsp3) is 0.491. The van der Waals surface area contributed by atoms with Crippen LogP contribution in [0.25, 0.3) is 0 Å². The lowest BCUT2D eigenvalue weighted by molar-refractivity contribution is -0.903. The van der Waals surface area contributed by atoms with Crippen molar-refractivity contribution in [3.8, 4) is 0 Å². The molecule has 4 aromatic rings. The summed E-state index contributed by atoms with van der Waals surface area (Å²) in [6, 6.07) is 37.7. The number of quaternary nitrogens is 1. The molecule has 57 heavy (non-hydrogen) atoms. The number of allylic oxidation sites excluding steroid dienone is 1. The van der Waals surface area contributed by atoms with Crippen LogP contribution in [0.5, 0.6) is 0 Å². The van der Waals surface area contributed by atoms with Crippen LogP contribution in [0.2, 0.25) is 0 Å². The topological polar surface area (TPSA) is 17.1 Å². The van der Waals surface area contributed by atoms with Gasteiger partial charge in [0.1, 0.15) is 6.54 Å². The molecule has 0 aliphatic carbocycles. The van der Waals surface area contributed by atoms with Crippen molar-refractivity contribution in [3.63, 3.8) is 0 Å². The van der Waals surface area contributed by atoms with Crippen LogP contribution in [0.1, 0.15) is 161 Å². The number of unbranched alkanes of at least 4 members (excludes halogenated alkanes) is 1. The molecule has 4 aromatic carbocycles. The Hall–Kier alpha value is -2.92. The van der Waals surface area contributed by atoms with Crippen LogP contribution in [0.4, 0.5) is 0 Å². The highest BCUT2D eigenvalue weighted by atomic mass is 79.9. The van der Waals surface area contributed by atoms with Crippen molar-refractivity contribution in [2.24, 2.45) is 5.41 Å². The Bertz CT molecular complexity index is 1780. The molecule has 0 aliphatic rings. The number of carbonyl (C=O) groups excluding carboxylic acids is 1. The van der Waals surface area contributed by atoms with Gasteiger partial charge in [-0.1, -0.05) is 184 Å². The van der Waals surface area contributed by atoms with Gasteiger partial charge in [0.05, 0.1) is 20.6 Å². The lowest BCUT2D eigenvalue weighted by atomic mass is 9.72. The molecule has 0 bridgehead atoms. The van der Waals surface area contributed by atoms with Gasteiger partial charge in [0.25, 0.3) is 0 Å². The minimum absolute atomic E-state index is 0.169. The van der Waals surface area contributed by atoms with Crippen molar-refractivity contribution in [2.75, 3.05) is 20.6 Å². The van der Waals surface area contributed by atoms with E-state index < -0.39 is 0 Å². The molecule has 308 valence electrons. The second-order valence-corrected chi connectivity index (χ2v) is 20.3. The number of halogens is 1. The normalized spacial score (nSPS) is 14.4. The summed E-state index contributed by atoms with van der Waals surface area (Å²) in [5.74, 6) is 2.43. The summed E-state index contributed by atoms with van der Waals surface area (Å²) in [5, 5.41) is 1.04. The van der Waals surface area contributed by atoms with Gasteiger partial charge in [-0.25, -0.2) is 0 Å². The third kappa shape index (κ3) is 16.3. The summed E-state index contributed by atoms with van der Waals surface area (Å²) in [6.45, 7) is 17.9. The Labute approximate surface area is 361 Å². The van der Waals surface area contributed by atoms with Crippen LogP contribution in [-0.4, -0.2) is 30.2 Å². The zero-order valence-corrected chi connectivity index (χ0v) is 39.2. The van der Waals surface area contributed by atoms with Crippen LogP contribution in [0.15, 0.2) is 109 Å². The molecule has 0 saturated heterocycles. The van der Waals surface area contributed by atoms with Gasteiger partial charge >= 0.3 is 0 Å². The number of benzene rings is 4. The van der Waals surface area contributed by atoms with Gasteiger partial charge in [0.2, 0.25) is 0 Å². The van der Waals surface area contributed by atoms with E-state index in [0.29, 0.717) is 23.7 Å². The highest BCUT2D eigenvalue weighted by Gasteiger charge is 2.29. The Morgan fingerprint density at radius 3 is 1.63 bits per heavy atom. The fourth-order valence-electron chi connectivity index (χ4n) is 8.47. The molecule has 0 saturated carbocycles. The number of aryl methyl sites for hydroxylation is 1. The Kier molecular flexibility index (Phi) is 18.9. The first-order valence-electron chi connectivity index (χ1n) is 21.7. The molecule has 2 nitrogen and oxygen atoms in total.